The zero-order valence-electron chi connectivity index (χ0n) is 18.2. The van der Waals surface area contributed by atoms with E-state index in [9.17, 15) is 9.59 Å². The average molecular weight is 438 g/mol. The topological polar surface area (TPSA) is 43.9 Å². The van der Waals surface area contributed by atoms with Crippen LogP contribution in [0.15, 0.2) is 41.8 Å². The van der Waals surface area contributed by atoms with E-state index in [-0.39, 0.29) is 23.8 Å². The maximum Gasteiger partial charge on any atom is 0.228 e. The van der Waals surface area contributed by atoms with Gasteiger partial charge in [-0.05, 0) is 69.3 Å². The van der Waals surface area contributed by atoms with Crippen molar-refractivity contribution in [1.82, 2.24) is 9.80 Å². The predicted octanol–water partition coefficient (Wildman–Crippen LogP) is 4.24. The van der Waals surface area contributed by atoms with Gasteiger partial charge in [0.15, 0.2) is 0 Å². The fourth-order valence-electron chi connectivity index (χ4n) is 5.54. The number of likely N-dealkylation sites (tertiary alicyclic amines) is 2. The van der Waals surface area contributed by atoms with Crippen molar-refractivity contribution >= 4 is 28.8 Å². The first-order valence-corrected chi connectivity index (χ1v) is 12.4. The maximum absolute atomic E-state index is 13.6. The lowest BCUT2D eigenvalue weighted by Crippen LogP contribution is -2.48. The SMILES string of the molecule is Cc1ccc(N2C(=O)CC(C(=O)N3CCC(N4CCCC4)CC3)C2c2cccs2)cc1. The van der Waals surface area contributed by atoms with Crippen LogP contribution in [0.3, 0.4) is 0 Å². The minimum Gasteiger partial charge on any atom is -0.342 e. The van der Waals surface area contributed by atoms with Gasteiger partial charge in [-0.3, -0.25) is 9.59 Å². The maximum atomic E-state index is 13.6. The fraction of sp³-hybridized carbons (Fsp3) is 0.520. The normalized spacial score (nSPS) is 25.5. The number of amides is 2. The van der Waals surface area contributed by atoms with Crippen molar-refractivity contribution < 1.29 is 9.59 Å². The highest BCUT2D eigenvalue weighted by atomic mass is 32.1. The first-order valence-electron chi connectivity index (χ1n) is 11.6. The van der Waals surface area contributed by atoms with Crippen molar-refractivity contribution in [1.29, 1.82) is 0 Å². The van der Waals surface area contributed by atoms with Crippen LogP contribution in [-0.2, 0) is 9.59 Å². The molecule has 31 heavy (non-hydrogen) atoms. The molecule has 3 aliphatic rings. The summed E-state index contributed by atoms with van der Waals surface area (Å²) >= 11 is 1.64. The Bertz CT molecular complexity index is 913. The van der Waals surface area contributed by atoms with Crippen molar-refractivity contribution in [3.8, 4) is 0 Å². The van der Waals surface area contributed by atoms with E-state index >= 15 is 0 Å². The summed E-state index contributed by atoms with van der Waals surface area (Å²) in [4.78, 5) is 34.4. The molecule has 0 radical (unpaired) electrons. The molecular formula is C25H31N3O2S. The van der Waals surface area contributed by atoms with Crippen LogP contribution in [0.1, 0.15) is 48.6 Å². The van der Waals surface area contributed by atoms with Crippen molar-refractivity contribution in [2.75, 3.05) is 31.1 Å². The largest absolute Gasteiger partial charge is 0.342 e. The van der Waals surface area contributed by atoms with Crippen LogP contribution in [-0.4, -0.2) is 53.8 Å². The Labute approximate surface area is 188 Å². The number of hydrogen-bond donors (Lipinski definition) is 0. The third-order valence-corrected chi connectivity index (χ3v) is 8.16. The second kappa shape index (κ2) is 8.75. The molecule has 2 aromatic rings. The van der Waals surface area contributed by atoms with Gasteiger partial charge < -0.3 is 14.7 Å². The standard InChI is InChI=1S/C25H31N3O2S/c1-18-6-8-20(9-7-18)28-23(29)17-21(24(28)22-5-4-16-31-22)25(30)27-14-10-19(11-15-27)26-12-2-3-13-26/h4-9,16,19,21,24H,2-3,10-15,17H2,1H3. The number of nitrogens with zero attached hydrogens (tertiary/aromatic N) is 3. The van der Waals surface area contributed by atoms with Gasteiger partial charge in [0, 0.05) is 36.1 Å². The van der Waals surface area contributed by atoms with E-state index in [1.54, 1.807) is 11.3 Å². The molecule has 5 rings (SSSR count). The van der Waals surface area contributed by atoms with E-state index in [0.29, 0.717) is 12.5 Å². The van der Waals surface area contributed by atoms with Gasteiger partial charge in [0.25, 0.3) is 0 Å². The van der Waals surface area contributed by atoms with Gasteiger partial charge in [-0.15, -0.1) is 11.3 Å². The highest BCUT2D eigenvalue weighted by Crippen LogP contribution is 2.44. The monoisotopic (exact) mass is 437 g/mol. The molecule has 3 saturated heterocycles. The Balaban J connectivity index is 1.36. The highest BCUT2D eigenvalue weighted by Gasteiger charge is 2.47. The molecule has 164 valence electrons. The van der Waals surface area contributed by atoms with Crippen LogP contribution in [0.4, 0.5) is 5.69 Å². The van der Waals surface area contributed by atoms with Crippen molar-refractivity contribution in [3.05, 3.63) is 52.2 Å². The van der Waals surface area contributed by atoms with E-state index < -0.39 is 0 Å². The Morgan fingerprint density at radius 3 is 2.35 bits per heavy atom. The van der Waals surface area contributed by atoms with Crippen molar-refractivity contribution in [3.63, 3.8) is 0 Å². The predicted molar refractivity (Wildman–Crippen MR) is 124 cm³/mol. The van der Waals surface area contributed by atoms with Crippen LogP contribution in [0.25, 0.3) is 0 Å². The van der Waals surface area contributed by atoms with E-state index in [1.807, 2.05) is 52.4 Å². The molecule has 0 saturated carbocycles. The van der Waals surface area contributed by atoms with E-state index in [2.05, 4.69) is 11.0 Å². The first kappa shape index (κ1) is 20.7. The van der Waals surface area contributed by atoms with Gasteiger partial charge in [0.2, 0.25) is 11.8 Å². The molecule has 6 heteroatoms. The molecule has 0 spiro atoms. The molecule has 2 atom stereocenters. The number of rotatable bonds is 4. The van der Waals surface area contributed by atoms with E-state index in [4.69, 9.17) is 0 Å². The summed E-state index contributed by atoms with van der Waals surface area (Å²) in [6, 6.07) is 12.6. The molecule has 5 nitrogen and oxygen atoms in total. The lowest BCUT2D eigenvalue weighted by Gasteiger charge is -2.38. The Kier molecular flexibility index (Phi) is 5.85. The number of benzene rings is 1. The summed E-state index contributed by atoms with van der Waals surface area (Å²) in [5, 5.41) is 2.04. The lowest BCUT2D eigenvalue weighted by molar-refractivity contribution is -0.138. The van der Waals surface area contributed by atoms with Crippen LogP contribution in [0, 0.1) is 12.8 Å². The molecule has 0 aliphatic carbocycles. The quantitative estimate of drug-likeness (QED) is 0.719. The van der Waals surface area contributed by atoms with Crippen LogP contribution in [0.5, 0.6) is 0 Å². The molecule has 4 heterocycles. The highest BCUT2D eigenvalue weighted by molar-refractivity contribution is 7.10. The Hall–Kier alpha value is -2.18. The molecule has 2 unspecified atom stereocenters. The number of piperidine rings is 1. The van der Waals surface area contributed by atoms with Crippen LogP contribution in [0.2, 0.25) is 0 Å². The summed E-state index contributed by atoms with van der Waals surface area (Å²) in [6.07, 6.45) is 5.01. The van der Waals surface area contributed by atoms with Gasteiger partial charge in [0.1, 0.15) is 0 Å². The molecule has 2 amide bonds. The summed E-state index contributed by atoms with van der Waals surface area (Å²) in [6.45, 7) is 6.09. The summed E-state index contributed by atoms with van der Waals surface area (Å²) in [5.74, 6) is -0.107. The number of hydrogen-bond acceptors (Lipinski definition) is 4. The summed E-state index contributed by atoms with van der Waals surface area (Å²) in [5.41, 5.74) is 2.05. The summed E-state index contributed by atoms with van der Waals surface area (Å²) < 4.78 is 0. The van der Waals surface area contributed by atoms with Gasteiger partial charge >= 0.3 is 0 Å². The van der Waals surface area contributed by atoms with Gasteiger partial charge in [-0.2, -0.15) is 0 Å². The number of carbonyl (C=O) groups is 2. The Morgan fingerprint density at radius 2 is 1.71 bits per heavy atom. The average Bonchev–Trinajstić information content (AvgIpc) is 3.55. The molecular weight excluding hydrogens is 406 g/mol. The Morgan fingerprint density at radius 1 is 1.00 bits per heavy atom. The van der Waals surface area contributed by atoms with Gasteiger partial charge in [0.05, 0.1) is 12.0 Å². The number of aryl methyl sites for hydroxylation is 1. The zero-order chi connectivity index (χ0) is 21.4. The molecule has 0 N–H and O–H groups in total. The first-order chi connectivity index (χ1) is 15.1. The van der Waals surface area contributed by atoms with Gasteiger partial charge in [-0.1, -0.05) is 23.8 Å². The minimum absolute atomic E-state index is 0.0487. The minimum atomic E-state index is -0.309. The van der Waals surface area contributed by atoms with Crippen molar-refractivity contribution in [2.45, 2.75) is 51.1 Å². The second-order valence-corrected chi connectivity index (χ2v) is 10.1. The zero-order valence-corrected chi connectivity index (χ0v) is 19.0. The van der Waals surface area contributed by atoms with E-state index in [1.165, 1.54) is 25.9 Å². The third-order valence-electron chi connectivity index (χ3n) is 7.22. The number of carbonyl (C=O) groups excluding carboxylic acids is 2. The lowest BCUT2D eigenvalue weighted by atomic mass is 9.94. The molecule has 0 bridgehead atoms. The van der Waals surface area contributed by atoms with Gasteiger partial charge in [-0.25, -0.2) is 0 Å². The van der Waals surface area contributed by atoms with Crippen molar-refractivity contribution in [2.24, 2.45) is 5.92 Å². The fourth-order valence-corrected chi connectivity index (χ4v) is 6.42. The number of thiophene rings is 1. The third kappa shape index (κ3) is 4.03. The smallest absolute Gasteiger partial charge is 0.228 e. The van der Waals surface area contributed by atoms with E-state index in [0.717, 1.165) is 42.1 Å². The summed E-state index contributed by atoms with van der Waals surface area (Å²) in [7, 11) is 0. The molecule has 1 aromatic carbocycles. The number of anilines is 1. The molecule has 3 fully saturated rings. The van der Waals surface area contributed by atoms with Crippen LogP contribution < -0.4 is 4.90 Å². The molecule has 1 aromatic heterocycles. The second-order valence-electron chi connectivity index (χ2n) is 9.17. The van der Waals surface area contributed by atoms with Crippen LogP contribution >= 0.6 is 11.3 Å². The molecule has 3 aliphatic heterocycles.